The number of nitriles is 1. The summed E-state index contributed by atoms with van der Waals surface area (Å²) in [5.74, 6) is 0.152. The van der Waals surface area contributed by atoms with Gasteiger partial charge in [0, 0.05) is 41.7 Å². The Bertz CT molecular complexity index is 1690. The smallest absolute Gasteiger partial charge is 0.251 e. The maximum absolute atomic E-state index is 13.0. The number of aromatic nitrogens is 2. The average Bonchev–Trinajstić information content (AvgIpc) is 3.43. The van der Waals surface area contributed by atoms with E-state index in [0.717, 1.165) is 33.6 Å². The van der Waals surface area contributed by atoms with Crippen molar-refractivity contribution < 1.29 is 14.6 Å². The minimum atomic E-state index is -0.299. The lowest BCUT2D eigenvalue weighted by Crippen LogP contribution is -2.37. The van der Waals surface area contributed by atoms with Crippen molar-refractivity contribution >= 4 is 11.6 Å². The number of carbonyl (C=O) groups excluding carboxylic acids is 1. The van der Waals surface area contributed by atoms with Crippen molar-refractivity contribution in [2.45, 2.75) is 46.3 Å². The average molecular weight is 561 g/mol. The highest BCUT2D eigenvalue weighted by Gasteiger charge is 2.17. The van der Waals surface area contributed by atoms with Crippen LogP contribution in [0.25, 0.3) is 28.0 Å². The van der Waals surface area contributed by atoms with E-state index < -0.39 is 0 Å². The maximum atomic E-state index is 13.0. The summed E-state index contributed by atoms with van der Waals surface area (Å²) >= 11 is 0. The Kier molecular flexibility index (Phi) is 9.74. The second-order valence-corrected chi connectivity index (χ2v) is 10.2. The van der Waals surface area contributed by atoms with Crippen LogP contribution >= 0.6 is 0 Å². The molecule has 2 aromatic heterocycles. The molecule has 5 aromatic rings. The van der Waals surface area contributed by atoms with Gasteiger partial charge in [0.2, 0.25) is 0 Å². The molecule has 0 spiro atoms. The summed E-state index contributed by atoms with van der Waals surface area (Å²) in [6.07, 6.45) is 4.90. The lowest BCUT2D eigenvalue weighted by molar-refractivity contribution is 0.0930. The normalized spacial score (nSPS) is 11.5. The molecule has 1 amide bonds. The summed E-state index contributed by atoms with van der Waals surface area (Å²) in [4.78, 5) is 18.0. The second-order valence-electron chi connectivity index (χ2n) is 10.2. The van der Waals surface area contributed by atoms with Gasteiger partial charge in [-0.25, -0.2) is 4.98 Å². The highest BCUT2D eigenvalue weighted by molar-refractivity contribution is 5.95. The van der Waals surface area contributed by atoms with Gasteiger partial charge in [-0.2, -0.15) is 5.26 Å². The van der Waals surface area contributed by atoms with Crippen molar-refractivity contribution in [3.8, 4) is 34.2 Å². The summed E-state index contributed by atoms with van der Waals surface area (Å²) in [7, 11) is 0. The molecular weight excluding hydrogens is 524 g/mol. The highest BCUT2D eigenvalue weighted by atomic mass is 16.5. The van der Waals surface area contributed by atoms with E-state index in [-0.39, 0.29) is 32.1 Å². The Morgan fingerprint density at radius 1 is 1.02 bits per heavy atom. The zero-order chi connectivity index (χ0) is 28.8. The van der Waals surface area contributed by atoms with E-state index in [2.05, 4.69) is 29.6 Å². The van der Waals surface area contributed by atoms with Crippen LogP contribution in [0, 0.1) is 11.3 Å². The van der Waals surface area contributed by atoms with Crippen LogP contribution in [-0.2, 0) is 6.42 Å². The van der Waals surface area contributed by atoms with E-state index in [0.29, 0.717) is 29.7 Å². The molecule has 0 aliphatic heterocycles. The number of rotatable bonds is 10. The van der Waals surface area contributed by atoms with Crippen LogP contribution in [0.1, 0.15) is 49.2 Å². The van der Waals surface area contributed by atoms with Gasteiger partial charge in [0.1, 0.15) is 17.5 Å². The summed E-state index contributed by atoms with van der Waals surface area (Å²) in [6, 6.07) is 29.1. The number of nitrogens with one attached hydrogen (secondary N) is 1. The minimum absolute atomic E-state index is 0. The predicted octanol–water partition coefficient (Wildman–Crippen LogP) is 6.69. The van der Waals surface area contributed by atoms with Gasteiger partial charge in [-0.05, 0) is 68.1 Å². The van der Waals surface area contributed by atoms with Gasteiger partial charge < -0.3 is 19.6 Å². The molecule has 3 aromatic carbocycles. The van der Waals surface area contributed by atoms with E-state index in [1.54, 1.807) is 12.1 Å². The largest absolute Gasteiger partial charge is 0.490 e. The number of hydrogen-bond donors (Lipinski definition) is 2. The first-order chi connectivity index (χ1) is 19.9. The number of aliphatic hydroxyl groups is 1. The summed E-state index contributed by atoms with van der Waals surface area (Å²) < 4.78 is 7.70. The molecule has 0 radical (unpaired) electrons. The van der Waals surface area contributed by atoms with Crippen molar-refractivity contribution in [1.29, 1.82) is 5.26 Å². The summed E-state index contributed by atoms with van der Waals surface area (Å²) in [5.41, 5.74) is 6.66. The number of hydrogen-bond acceptors (Lipinski definition) is 5. The third-order valence-corrected chi connectivity index (χ3v) is 6.84. The van der Waals surface area contributed by atoms with Crippen LogP contribution in [0.15, 0.2) is 97.3 Å². The number of carbonyl (C=O) groups is 1. The monoisotopic (exact) mass is 560 g/mol. The third kappa shape index (κ3) is 6.85. The molecule has 0 saturated carbocycles. The van der Waals surface area contributed by atoms with Gasteiger partial charge in [0.15, 0.2) is 0 Å². The van der Waals surface area contributed by atoms with Gasteiger partial charge in [0.05, 0.1) is 17.4 Å². The first-order valence-electron chi connectivity index (χ1n) is 13.7. The highest BCUT2D eigenvalue weighted by Crippen LogP contribution is 2.27. The number of pyridine rings is 1. The van der Waals surface area contributed by atoms with Crippen molar-refractivity contribution in [1.82, 2.24) is 14.7 Å². The Hall–Kier alpha value is -4.93. The molecule has 7 nitrogen and oxygen atoms in total. The lowest BCUT2D eigenvalue weighted by atomic mass is 10.0. The Labute approximate surface area is 247 Å². The van der Waals surface area contributed by atoms with E-state index in [9.17, 15) is 15.2 Å². The number of ether oxygens (including phenoxy) is 1. The molecule has 7 heteroatoms. The van der Waals surface area contributed by atoms with Gasteiger partial charge in [-0.15, -0.1) is 0 Å². The molecule has 0 unspecified atom stereocenters. The Morgan fingerprint density at radius 3 is 2.48 bits per heavy atom. The molecule has 2 N–H and O–H groups in total. The van der Waals surface area contributed by atoms with E-state index in [4.69, 9.17) is 9.72 Å². The minimum Gasteiger partial charge on any atom is -0.490 e. The fraction of sp³-hybridized carbons (Fsp3) is 0.229. The molecule has 0 saturated heterocycles. The Balaban J connectivity index is 0.00000405. The van der Waals surface area contributed by atoms with Crippen molar-refractivity contribution in [3.63, 3.8) is 0 Å². The van der Waals surface area contributed by atoms with Crippen LogP contribution in [0.4, 0.5) is 0 Å². The van der Waals surface area contributed by atoms with E-state index >= 15 is 0 Å². The number of fused-ring (bicyclic) bond motifs is 1. The van der Waals surface area contributed by atoms with Gasteiger partial charge in [-0.3, -0.25) is 4.79 Å². The molecule has 1 atom stereocenters. The topological polar surface area (TPSA) is 99.7 Å². The standard InChI is InChI=1S/C34H32N4O3.CH4/c1-23(2)41-32-15-14-27(20-28(32)21-35)34(40)36-29(16-18-39)19-24-10-12-26(13-11-24)31-22-38-17-6-9-30(33(38)37-31)25-7-4-3-5-8-25;/h3-15,17,20,22-23,29,39H,16,18-19H2,1-2H3,(H,36,40);1H4/t29-;/m1./s1. The molecule has 5 rings (SSSR count). The van der Waals surface area contributed by atoms with Crippen molar-refractivity contribution in [3.05, 3.63) is 114 Å². The van der Waals surface area contributed by atoms with Crippen LogP contribution in [0.5, 0.6) is 5.75 Å². The molecule has 42 heavy (non-hydrogen) atoms. The van der Waals surface area contributed by atoms with Crippen molar-refractivity contribution in [2.24, 2.45) is 0 Å². The van der Waals surface area contributed by atoms with Crippen LogP contribution in [0.3, 0.4) is 0 Å². The van der Waals surface area contributed by atoms with E-state index in [1.807, 2.05) is 79.2 Å². The van der Waals surface area contributed by atoms with Gasteiger partial charge in [-0.1, -0.05) is 62.0 Å². The van der Waals surface area contributed by atoms with Gasteiger partial charge in [0.25, 0.3) is 5.91 Å². The zero-order valence-corrected chi connectivity index (χ0v) is 23.1. The molecule has 2 heterocycles. The van der Waals surface area contributed by atoms with Crippen LogP contribution in [-0.4, -0.2) is 39.2 Å². The third-order valence-electron chi connectivity index (χ3n) is 6.84. The maximum Gasteiger partial charge on any atom is 0.251 e. The fourth-order valence-electron chi connectivity index (χ4n) is 4.86. The second kappa shape index (κ2) is 13.6. The van der Waals surface area contributed by atoms with Crippen molar-refractivity contribution in [2.75, 3.05) is 6.61 Å². The number of nitrogens with zero attached hydrogens (tertiary/aromatic N) is 3. The molecular formula is C35H36N4O3. The fourth-order valence-corrected chi connectivity index (χ4v) is 4.86. The Morgan fingerprint density at radius 2 is 1.79 bits per heavy atom. The van der Waals surface area contributed by atoms with Crippen LogP contribution in [0.2, 0.25) is 0 Å². The first kappa shape index (κ1) is 30.0. The SMILES string of the molecule is C.CC(C)Oc1ccc(C(=O)N[C@H](CCO)Cc2ccc(-c3cn4cccc(-c5ccccc5)c4n3)cc2)cc1C#N. The zero-order valence-electron chi connectivity index (χ0n) is 23.1. The molecule has 0 fully saturated rings. The molecule has 214 valence electrons. The lowest BCUT2D eigenvalue weighted by Gasteiger charge is -2.19. The number of amides is 1. The van der Waals surface area contributed by atoms with Gasteiger partial charge >= 0.3 is 0 Å². The molecule has 0 aliphatic carbocycles. The number of aliphatic hydroxyl groups excluding tert-OH is 1. The quantitative estimate of drug-likeness (QED) is 0.198. The number of benzene rings is 3. The number of imidazole rings is 1. The molecule has 0 aliphatic rings. The summed E-state index contributed by atoms with van der Waals surface area (Å²) in [5, 5.41) is 22.2. The predicted molar refractivity (Wildman–Crippen MR) is 166 cm³/mol. The van der Waals surface area contributed by atoms with E-state index in [1.165, 1.54) is 6.07 Å². The first-order valence-corrected chi connectivity index (χ1v) is 13.7. The summed E-state index contributed by atoms with van der Waals surface area (Å²) in [6.45, 7) is 3.71. The van der Waals surface area contributed by atoms with Crippen LogP contribution < -0.4 is 10.1 Å². The molecule has 0 bridgehead atoms.